The van der Waals surface area contributed by atoms with Crippen LogP contribution in [0.15, 0.2) is 42.5 Å². The van der Waals surface area contributed by atoms with Gasteiger partial charge in [-0.15, -0.1) is 13.2 Å². The van der Waals surface area contributed by atoms with Gasteiger partial charge < -0.3 is 24.8 Å². The maximum atomic E-state index is 12.4. The van der Waals surface area contributed by atoms with Crippen LogP contribution < -0.4 is 24.8 Å². The number of carbonyl (C=O) groups is 1. The summed E-state index contributed by atoms with van der Waals surface area (Å²) in [5, 5.41) is 5.03. The normalized spacial score (nSPS) is 12.6. The Balaban J connectivity index is 1.59. The van der Waals surface area contributed by atoms with Crippen LogP contribution in [-0.4, -0.2) is 19.2 Å². The van der Waals surface area contributed by atoms with E-state index < -0.39 is 12.4 Å². The number of benzene rings is 2. The van der Waals surface area contributed by atoms with Gasteiger partial charge in [0.1, 0.15) is 5.75 Å². The number of alkyl halides is 3. The lowest BCUT2D eigenvalue weighted by molar-refractivity contribution is -0.274. The molecule has 3 rings (SSSR count). The van der Waals surface area contributed by atoms with Crippen LogP contribution in [0.5, 0.6) is 17.2 Å². The predicted molar refractivity (Wildman–Crippen MR) is 81.5 cm³/mol. The van der Waals surface area contributed by atoms with Crippen LogP contribution in [-0.2, 0) is 6.54 Å². The lowest BCUT2D eigenvalue weighted by Crippen LogP contribution is -2.28. The summed E-state index contributed by atoms with van der Waals surface area (Å²) in [7, 11) is 0. The van der Waals surface area contributed by atoms with Crippen molar-refractivity contribution in [3.05, 3.63) is 48.0 Å². The molecule has 0 fully saturated rings. The molecule has 25 heavy (non-hydrogen) atoms. The molecule has 2 aromatic carbocycles. The number of rotatable bonds is 4. The fourth-order valence-corrected chi connectivity index (χ4v) is 2.20. The molecule has 1 aliphatic rings. The van der Waals surface area contributed by atoms with Crippen LogP contribution in [0.4, 0.5) is 23.7 Å². The Morgan fingerprint density at radius 3 is 2.68 bits per heavy atom. The first-order valence-corrected chi connectivity index (χ1v) is 7.19. The molecule has 0 atom stereocenters. The SMILES string of the molecule is O=C(NCc1ccccc1OC(F)(F)F)Nc1ccc2c(c1)OCO2. The summed E-state index contributed by atoms with van der Waals surface area (Å²) in [5.41, 5.74) is 0.655. The summed E-state index contributed by atoms with van der Waals surface area (Å²) in [6, 6.07) is 9.84. The van der Waals surface area contributed by atoms with Gasteiger partial charge >= 0.3 is 12.4 Å². The zero-order valence-corrected chi connectivity index (χ0v) is 12.7. The Kier molecular flexibility index (Phi) is 4.55. The Morgan fingerprint density at radius 1 is 1.12 bits per heavy atom. The van der Waals surface area contributed by atoms with E-state index in [4.69, 9.17) is 9.47 Å². The number of nitrogens with one attached hydrogen (secondary N) is 2. The number of fused-ring (bicyclic) bond motifs is 1. The molecule has 1 aliphatic heterocycles. The molecule has 2 aromatic rings. The molecule has 9 heteroatoms. The van der Waals surface area contributed by atoms with Gasteiger partial charge in [-0.25, -0.2) is 4.79 Å². The maximum absolute atomic E-state index is 12.4. The molecule has 0 radical (unpaired) electrons. The Hall–Kier alpha value is -3.10. The van der Waals surface area contributed by atoms with Gasteiger partial charge in [-0.1, -0.05) is 18.2 Å². The second-order valence-electron chi connectivity index (χ2n) is 5.03. The first-order valence-electron chi connectivity index (χ1n) is 7.19. The molecule has 0 aromatic heterocycles. The first-order chi connectivity index (χ1) is 11.9. The standard InChI is InChI=1S/C16H13F3N2O4/c17-16(18,19)25-12-4-2-1-3-10(12)8-20-15(22)21-11-5-6-13-14(7-11)24-9-23-13/h1-7H,8-9H2,(H2,20,21,22). The molecular weight excluding hydrogens is 341 g/mol. The minimum absolute atomic E-state index is 0.112. The van der Waals surface area contributed by atoms with Crippen molar-refractivity contribution in [3.8, 4) is 17.2 Å². The van der Waals surface area contributed by atoms with E-state index in [-0.39, 0.29) is 24.7 Å². The summed E-state index contributed by atoms with van der Waals surface area (Å²) in [6.45, 7) is -0.0242. The van der Waals surface area contributed by atoms with Crippen molar-refractivity contribution in [1.82, 2.24) is 5.32 Å². The number of urea groups is 1. The number of ether oxygens (including phenoxy) is 3. The molecule has 0 saturated heterocycles. The van der Waals surface area contributed by atoms with Crippen LogP contribution in [0.1, 0.15) is 5.56 Å². The summed E-state index contributed by atoms with van der Waals surface area (Å²) >= 11 is 0. The van der Waals surface area contributed by atoms with Crippen molar-refractivity contribution in [1.29, 1.82) is 0 Å². The molecule has 0 bridgehead atoms. The van der Waals surface area contributed by atoms with Gasteiger partial charge in [-0.3, -0.25) is 0 Å². The summed E-state index contributed by atoms with van der Waals surface area (Å²) in [5.74, 6) is 0.712. The fourth-order valence-electron chi connectivity index (χ4n) is 2.20. The van der Waals surface area contributed by atoms with Crippen molar-refractivity contribution >= 4 is 11.7 Å². The van der Waals surface area contributed by atoms with E-state index in [1.165, 1.54) is 18.2 Å². The number of carbonyl (C=O) groups excluding carboxylic acids is 1. The predicted octanol–water partition coefficient (Wildman–Crippen LogP) is 3.64. The number of anilines is 1. The fraction of sp³-hybridized carbons (Fsp3) is 0.188. The van der Waals surface area contributed by atoms with Gasteiger partial charge in [0.2, 0.25) is 6.79 Å². The van der Waals surface area contributed by atoms with Crippen LogP contribution in [0.2, 0.25) is 0 Å². The largest absolute Gasteiger partial charge is 0.573 e. The quantitative estimate of drug-likeness (QED) is 0.880. The first kappa shape index (κ1) is 16.7. The Labute approximate surface area is 140 Å². The van der Waals surface area contributed by atoms with Crippen molar-refractivity contribution in [3.63, 3.8) is 0 Å². The molecule has 2 N–H and O–H groups in total. The summed E-state index contributed by atoms with van der Waals surface area (Å²) < 4.78 is 51.4. The average molecular weight is 354 g/mol. The second kappa shape index (κ2) is 6.80. The van der Waals surface area contributed by atoms with E-state index in [0.717, 1.165) is 0 Å². The van der Waals surface area contributed by atoms with Gasteiger partial charge in [0.15, 0.2) is 11.5 Å². The third kappa shape index (κ3) is 4.46. The minimum Gasteiger partial charge on any atom is -0.454 e. The average Bonchev–Trinajstić information content (AvgIpc) is 3.00. The van der Waals surface area contributed by atoms with Crippen LogP contribution in [0, 0.1) is 0 Å². The zero-order chi connectivity index (χ0) is 17.9. The highest BCUT2D eigenvalue weighted by atomic mass is 19.4. The molecule has 132 valence electrons. The summed E-state index contributed by atoms with van der Waals surface area (Å²) in [6.07, 6.45) is -4.80. The molecule has 0 unspecified atom stereocenters. The number of amides is 2. The van der Waals surface area contributed by atoms with E-state index in [1.54, 1.807) is 24.3 Å². The summed E-state index contributed by atoms with van der Waals surface area (Å²) in [4.78, 5) is 11.9. The van der Waals surface area contributed by atoms with Crippen molar-refractivity contribution < 1.29 is 32.2 Å². The lowest BCUT2D eigenvalue weighted by Gasteiger charge is -2.14. The monoisotopic (exact) mass is 354 g/mol. The lowest BCUT2D eigenvalue weighted by atomic mass is 10.2. The topological polar surface area (TPSA) is 68.8 Å². The number of halogens is 3. The molecule has 0 spiro atoms. The van der Waals surface area contributed by atoms with Gasteiger partial charge in [0.05, 0.1) is 0 Å². The second-order valence-corrected chi connectivity index (χ2v) is 5.03. The van der Waals surface area contributed by atoms with Crippen LogP contribution in [0.25, 0.3) is 0 Å². The number of para-hydroxylation sites is 1. The Bertz CT molecular complexity index is 780. The minimum atomic E-state index is -4.80. The van der Waals surface area contributed by atoms with E-state index in [0.29, 0.717) is 17.2 Å². The Morgan fingerprint density at radius 2 is 1.88 bits per heavy atom. The molecule has 6 nitrogen and oxygen atoms in total. The highest BCUT2D eigenvalue weighted by molar-refractivity contribution is 5.89. The van der Waals surface area contributed by atoms with Crippen molar-refractivity contribution in [2.24, 2.45) is 0 Å². The zero-order valence-electron chi connectivity index (χ0n) is 12.7. The molecule has 0 saturated carbocycles. The van der Waals surface area contributed by atoms with Gasteiger partial charge in [0, 0.05) is 23.9 Å². The van der Waals surface area contributed by atoms with Crippen LogP contribution >= 0.6 is 0 Å². The van der Waals surface area contributed by atoms with Gasteiger partial charge in [-0.2, -0.15) is 0 Å². The number of hydrogen-bond donors (Lipinski definition) is 2. The smallest absolute Gasteiger partial charge is 0.454 e. The van der Waals surface area contributed by atoms with E-state index in [1.807, 2.05) is 0 Å². The molecule has 2 amide bonds. The van der Waals surface area contributed by atoms with Gasteiger partial charge in [-0.05, 0) is 18.2 Å². The van der Waals surface area contributed by atoms with Crippen molar-refractivity contribution in [2.45, 2.75) is 12.9 Å². The van der Waals surface area contributed by atoms with Crippen molar-refractivity contribution in [2.75, 3.05) is 12.1 Å². The highest BCUT2D eigenvalue weighted by Gasteiger charge is 2.32. The molecule has 1 heterocycles. The van der Waals surface area contributed by atoms with E-state index in [2.05, 4.69) is 15.4 Å². The van der Waals surface area contributed by atoms with E-state index >= 15 is 0 Å². The molecular formula is C16H13F3N2O4. The molecule has 0 aliphatic carbocycles. The third-order valence-electron chi connectivity index (χ3n) is 3.27. The third-order valence-corrected chi connectivity index (χ3v) is 3.27. The highest BCUT2D eigenvalue weighted by Crippen LogP contribution is 2.34. The maximum Gasteiger partial charge on any atom is 0.573 e. The van der Waals surface area contributed by atoms with Crippen LogP contribution in [0.3, 0.4) is 0 Å². The van der Waals surface area contributed by atoms with Gasteiger partial charge in [0.25, 0.3) is 0 Å². The number of hydrogen-bond acceptors (Lipinski definition) is 4. The van der Waals surface area contributed by atoms with E-state index in [9.17, 15) is 18.0 Å².